The first kappa shape index (κ1) is 22.3. The summed E-state index contributed by atoms with van der Waals surface area (Å²) in [4.78, 5) is 7.11. The first-order valence-electron chi connectivity index (χ1n) is 10.1. The lowest BCUT2D eigenvalue weighted by atomic mass is 10.1. The van der Waals surface area contributed by atoms with E-state index < -0.39 is 0 Å². The number of nitrogen functional groups attached to an aromatic ring is 1. The molecule has 0 saturated carbocycles. The molecule has 3 aromatic rings. The van der Waals surface area contributed by atoms with Gasteiger partial charge in [-0.1, -0.05) is 0 Å². The number of aliphatic imine (C=N–C) groups is 1. The van der Waals surface area contributed by atoms with Crippen LogP contribution in [0.1, 0.15) is 34.4 Å². The highest BCUT2D eigenvalue weighted by Crippen LogP contribution is 2.21. The Kier molecular flexibility index (Phi) is 7.62. The van der Waals surface area contributed by atoms with Crippen LogP contribution in [0.3, 0.4) is 0 Å². The molecule has 0 amide bonds. The molecule has 0 aliphatic carbocycles. The van der Waals surface area contributed by atoms with Gasteiger partial charge in [-0.3, -0.25) is 0 Å². The van der Waals surface area contributed by atoms with Gasteiger partial charge in [0.1, 0.15) is 23.3 Å². The number of nitrogens with two attached hydrogens (primary N) is 1. The molecule has 0 aliphatic heterocycles. The van der Waals surface area contributed by atoms with Gasteiger partial charge in [0.15, 0.2) is 5.96 Å². The van der Waals surface area contributed by atoms with Crippen LogP contribution in [0.4, 0.5) is 10.2 Å². The normalized spacial score (nSPS) is 11.4. The Balaban J connectivity index is 1.60. The van der Waals surface area contributed by atoms with E-state index in [2.05, 4.69) is 45.9 Å². The van der Waals surface area contributed by atoms with Crippen molar-refractivity contribution in [3.8, 4) is 11.8 Å². The first-order valence-corrected chi connectivity index (χ1v) is 10.9. The van der Waals surface area contributed by atoms with Crippen molar-refractivity contribution in [1.82, 2.24) is 20.4 Å². The molecule has 9 heteroatoms. The summed E-state index contributed by atoms with van der Waals surface area (Å²) >= 11 is 1.74. The zero-order valence-electron chi connectivity index (χ0n) is 17.7. The smallest absolute Gasteiger partial charge is 0.191 e. The number of thiophene rings is 1. The molecule has 7 nitrogen and oxygen atoms in total. The van der Waals surface area contributed by atoms with Crippen LogP contribution in [-0.4, -0.2) is 28.8 Å². The minimum Gasteiger partial charge on any atom is -0.382 e. The topological polar surface area (TPSA) is 104 Å². The molecule has 3 rings (SSSR count). The van der Waals surface area contributed by atoms with Crippen LogP contribution >= 0.6 is 11.3 Å². The van der Waals surface area contributed by atoms with E-state index in [-0.39, 0.29) is 11.6 Å². The van der Waals surface area contributed by atoms with Crippen molar-refractivity contribution in [3.63, 3.8) is 0 Å². The standard InChI is InChI=1S/C22H26FN7S/c1-3-26-22(28-14-18-11-6-15(2)31-18)27-12-4-5-20-19(13-24)21(25)30(29-20)17-9-7-16(23)8-10-17/h6-11H,3-5,12,14,25H2,1-2H3,(H2,26,27,28). The van der Waals surface area contributed by atoms with Crippen molar-refractivity contribution in [1.29, 1.82) is 5.26 Å². The van der Waals surface area contributed by atoms with E-state index in [1.165, 1.54) is 26.6 Å². The van der Waals surface area contributed by atoms with Crippen LogP contribution < -0.4 is 16.4 Å². The second kappa shape index (κ2) is 10.6. The van der Waals surface area contributed by atoms with E-state index in [4.69, 9.17) is 5.73 Å². The maximum absolute atomic E-state index is 13.2. The molecular weight excluding hydrogens is 413 g/mol. The molecule has 0 saturated heterocycles. The minimum absolute atomic E-state index is 0.262. The molecule has 0 radical (unpaired) electrons. The number of benzene rings is 1. The lowest BCUT2D eigenvalue weighted by Crippen LogP contribution is -2.37. The summed E-state index contributed by atoms with van der Waals surface area (Å²) in [6.45, 7) is 6.18. The van der Waals surface area contributed by atoms with Gasteiger partial charge >= 0.3 is 0 Å². The second-order valence-corrected chi connectivity index (χ2v) is 8.32. The fourth-order valence-corrected chi connectivity index (χ4v) is 3.90. The van der Waals surface area contributed by atoms with Crippen LogP contribution in [0.15, 0.2) is 41.4 Å². The molecule has 162 valence electrons. The van der Waals surface area contributed by atoms with Crippen LogP contribution in [0.2, 0.25) is 0 Å². The van der Waals surface area contributed by atoms with Crippen molar-refractivity contribution in [2.75, 3.05) is 18.8 Å². The molecule has 0 spiro atoms. The molecule has 1 aromatic carbocycles. The zero-order chi connectivity index (χ0) is 22.2. The maximum atomic E-state index is 13.2. The minimum atomic E-state index is -0.339. The van der Waals surface area contributed by atoms with Gasteiger partial charge in [-0.05, 0) is 63.1 Å². The Bertz CT molecular complexity index is 1080. The largest absolute Gasteiger partial charge is 0.382 e. The molecule has 4 N–H and O–H groups in total. The first-order chi connectivity index (χ1) is 15.0. The van der Waals surface area contributed by atoms with Gasteiger partial charge in [0.25, 0.3) is 0 Å². The number of aromatic nitrogens is 2. The maximum Gasteiger partial charge on any atom is 0.191 e. The second-order valence-electron chi connectivity index (χ2n) is 6.94. The highest BCUT2D eigenvalue weighted by Gasteiger charge is 2.16. The summed E-state index contributed by atoms with van der Waals surface area (Å²) in [5.41, 5.74) is 7.72. The predicted molar refractivity (Wildman–Crippen MR) is 123 cm³/mol. The summed E-state index contributed by atoms with van der Waals surface area (Å²) < 4.78 is 14.7. The molecular formula is C22H26FN7S. The van der Waals surface area contributed by atoms with Gasteiger partial charge in [0, 0.05) is 22.8 Å². The molecule has 2 heterocycles. The van der Waals surface area contributed by atoms with E-state index in [1.807, 2.05) is 6.92 Å². The van der Waals surface area contributed by atoms with E-state index in [1.54, 1.807) is 23.5 Å². The average molecular weight is 440 g/mol. The number of halogens is 1. The van der Waals surface area contributed by atoms with E-state index >= 15 is 0 Å². The van der Waals surface area contributed by atoms with Crippen molar-refractivity contribution in [2.45, 2.75) is 33.2 Å². The molecule has 0 bridgehead atoms. The van der Waals surface area contributed by atoms with Crippen molar-refractivity contribution in [2.24, 2.45) is 4.99 Å². The summed E-state index contributed by atoms with van der Waals surface area (Å²) in [6, 6.07) is 12.2. The number of hydrogen-bond acceptors (Lipinski definition) is 5. The number of nitrogens with zero attached hydrogens (tertiary/aromatic N) is 4. The fourth-order valence-electron chi connectivity index (χ4n) is 3.09. The Labute approximate surface area is 185 Å². The van der Waals surface area contributed by atoms with Crippen LogP contribution in [0.25, 0.3) is 5.69 Å². The third-order valence-electron chi connectivity index (χ3n) is 4.59. The molecule has 0 fully saturated rings. The Hall–Kier alpha value is -3.38. The number of guanidine groups is 1. The Morgan fingerprint density at radius 3 is 2.68 bits per heavy atom. The van der Waals surface area contributed by atoms with Gasteiger partial charge in [-0.15, -0.1) is 11.3 Å². The number of nitriles is 1. The van der Waals surface area contributed by atoms with Crippen LogP contribution in [0.5, 0.6) is 0 Å². The van der Waals surface area contributed by atoms with Crippen LogP contribution in [0, 0.1) is 24.1 Å². The fraction of sp³-hybridized carbons (Fsp3) is 0.318. The van der Waals surface area contributed by atoms with Crippen LogP contribution in [-0.2, 0) is 13.0 Å². The summed E-state index contributed by atoms with van der Waals surface area (Å²) in [7, 11) is 0. The highest BCUT2D eigenvalue weighted by atomic mass is 32.1. The quantitative estimate of drug-likeness (QED) is 0.283. The van der Waals surface area contributed by atoms with E-state index in [0.717, 1.165) is 18.9 Å². The van der Waals surface area contributed by atoms with Crippen molar-refractivity contribution < 1.29 is 4.39 Å². The zero-order valence-corrected chi connectivity index (χ0v) is 18.5. The van der Waals surface area contributed by atoms with Crippen molar-refractivity contribution >= 4 is 23.1 Å². The number of rotatable bonds is 8. The third-order valence-corrected chi connectivity index (χ3v) is 5.58. The Morgan fingerprint density at radius 1 is 1.26 bits per heavy atom. The van der Waals surface area contributed by atoms with E-state index in [0.29, 0.717) is 36.5 Å². The Morgan fingerprint density at radius 2 is 2.03 bits per heavy atom. The molecule has 31 heavy (non-hydrogen) atoms. The third kappa shape index (κ3) is 5.83. The SMILES string of the molecule is CCNC(=NCc1ccc(C)s1)NCCCc1nn(-c2ccc(F)cc2)c(N)c1C#N. The summed E-state index contributed by atoms with van der Waals surface area (Å²) in [5, 5.41) is 20.6. The van der Waals surface area contributed by atoms with Gasteiger partial charge < -0.3 is 16.4 Å². The number of anilines is 1. The lowest BCUT2D eigenvalue weighted by molar-refractivity contribution is 0.627. The monoisotopic (exact) mass is 439 g/mol. The highest BCUT2D eigenvalue weighted by molar-refractivity contribution is 7.11. The number of hydrogen-bond donors (Lipinski definition) is 3. The molecule has 0 aliphatic rings. The molecule has 0 unspecified atom stereocenters. The summed E-state index contributed by atoms with van der Waals surface area (Å²) in [6.07, 6.45) is 1.33. The summed E-state index contributed by atoms with van der Waals surface area (Å²) in [5.74, 6) is 0.678. The average Bonchev–Trinajstić information content (AvgIpc) is 3.32. The van der Waals surface area contributed by atoms with Gasteiger partial charge in [0.2, 0.25) is 0 Å². The van der Waals surface area contributed by atoms with Crippen molar-refractivity contribution in [3.05, 3.63) is 63.2 Å². The van der Waals surface area contributed by atoms with E-state index in [9.17, 15) is 9.65 Å². The van der Waals surface area contributed by atoms with Gasteiger partial charge in [-0.2, -0.15) is 10.4 Å². The number of aryl methyl sites for hydroxylation is 2. The van der Waals surface area contributed by atoms with Gasteiger partial charge in [0.05, 0.1) is 17.9 Å². The molecule has 2 aromatic heterocycles. The predicted octanol–water partition coefficient (Wildman–Crippen LogP) is 3.52. The lowest BCUT2D eigenvalue weighted by Gasteiger charge is -2.10. The van der Waals surface area contributed by atoms with Gasteiger partial charge in [-0.25, -0.2) is 14.1 Å². The number of nitrogens with one attached hydrogen (secondary N) is 2. The molecule has 0 atom stereocenters.